The van der Waals surface area contributed by atoms with Crippen molar-refractivity contribution in [2.45, 2.75) is 32.9 Å². The molecule has 0 aliphatic heterocycles. The third-order valence-electron chi connectivity index (χ3n) is 5.03. The van der Waals surface area contributed by atoms with Crippen LogP contribution in [0, 0.1) is 11.7 Å². The smallest absolute Gasteiger partial charge is 0.339 e. The van der Waals surface area contributed by atoms with Crippen molar-refractivity contribution < 1.29 is 29.0 Å². The van der Waals surface area contributed by atoms with Crippen molar-refractivity contribution in [3.63, 3.8) is 0 Å². The number of aliphatic hydroxyl groups is 1. The molecule has 3 N–H and O–H groups in total. The molecule has 0 fully saturated rings. The number of hydrazine groups is 1. The third-order valence-corrected chi connectivity index (χ3v) is 5.26. The maximum atomic E-state index is 14.2. The zero-order valence-corrected chi connectivity index (χ0v) is 20.7. The van der Waals surface area contributed by atoms with E-state index in [4.69, 9.17) is 16.3 Å². The van der Waals surface area contributed by atoms with Gasteiger partial charge in [-0.1, -0.05) is 54.6 Å². The lowest BCUT2D eigenvalue weighted by molar-refractivity contribution is -0.167. The van der Waals surface area contributed by atoms with Gasteiger partial charge >= 0.3 is 5.97 Å². The Kier molecular flexibility index (Phi) is 8.62. The van der Waals surface area contributed by atoms with Crippen LogP contribution in [0.2, 0.25) is 5.02 Å². The number of hydrogen-bond donors (Lipinski definition) is 3. The Balaban J connectivity index is 1.80. The van der Waals surface area contributed by atoms with Crippen molar-refractivity contribution in [3.05, 3.63) is 70.8 Å². The first-order valence-electron chi connectivity index (χ1n) is 11.1. The first-order chi connectivity index (χ1) is 16.9. The van der Waals surface area contributed by atoms with Crippen molar-refractivity contribution in [3.8, 4) is 11.1 Å². The van der Waals surface area contributed by atoms with E-state index in [1.165, 1.54) is 30.1 Å². The predicted octanol–water partition coefficient (Wildman–Crippen LogP) is 3.07. The molecule has 3 rings (SSSR count). The van der Waals surface area contributed by atoms with Crippen LogP contribution in [-0.4, -0.2) is 61.1 Å². The molecule has 0 spiro atoms. The second-order valence-corrected chi connectivity index (χ2v) is 9.34. The number of ether oxygens (including phenoxy) is 1. The lowest BCUT2D eigenvalue weighted by Gasteiger charge is -2.30. The number of benzene rings is 2. The number of nitrogens with one attached hydrogen (secondary N) is 1. The summed E-state index contributed by atoms with van der Waals surface area (Å²) >= 11 is 5.99. The molecule has 1 heterocycles. The van der Waals surface area contributed by atoms with E-state index in [1.54, 1.807) is 24.3 Å². The monoisotopic (exact) mass is 519 g/mol. The van der Waals surface area contributed by atoms with Gasteiger partial charge in [-0.15, -0.1) is 5.10 Å². The molecule has 0 aliphatic rings. The molecular formula is C24H27ClFN5O5. The van der Waals surface area contributed by atoms with Crippen molar-refractivity contribution in [1.82, 2.24) is 25.6 Å². The van der Waals surface area contributed by atoms with E-state index in [0.29, 0.717) is 26.6 Å². The number of halogens is 2. The second kappa shape index (κ2) is 11.5. The van der Waals surface area contributed by atoms with E-state index in [9.17, 15) is 24.3 Å². The lowest BCUT2D eigenvalue weighted by atomic mass is 10.0. The van der Waals surface area contributed by atoms with Gasteiger partial charge in [-0.2, -0.15) is 0 Å². The normalized spacial score (nSPS) is 13.0. The van der Waals surface area contributed by atoms with E-state index >= 15 is 0 Å². The number of amides is 1. The highest BCUT2D eigenvalue weighted by Crippen LogP contribution is 2.26. The molecule has 2 aromatic carbocycles. The molecule has 1 aromatic heterocycles. The largest absolute Gasteiger partial charge is 0.463 e. The fourth-order valence-electron chi connectivity index (χ4n) is 3.26. The van der Waals surface area contributed by atoms with Crippen LogP contribution in [0.3, 0.4) is 0 Å². The topological polar surface area (TPSA) is 130 Å². The van der Waals surface area contributed by atoms with Gasteiger partial charge in [0.1, 0.15) is 5.82 Å². The van der Waals surface area contributed by atoms with Crippen molar-refractivity contribution >= 4 is 23.5 Å². The lowest BCUT2D eigenvalue weighted by Crippen LogP contribution is -2.53. The molecule has 10 nitrogen and oxygen atoms in total. The average molecular weight is 520 g/mol. The Morgan fingerprint density at radius 1 is 1.25 bits per heavy atom. The highest BCUT2D eigenvalue weighted by atomic mass is 35.5. The van der Waals surface area contributed by atoms with Crippen LogP contribution in [0.15, 0.2) is 48.7 Å². The highest BCUT2D eigenvalue weighted by Gasteiger charge is 2.35. The fraction of sp³-hybridized carbons (Fsp3) is 0.333. The molecule has 1 amide bonds. The van der Waals surface area contributed by atoms with Crippen molar-refractivity contribution in [2.24, 2.45) is 5.92 Å². The van der Waals surface area contributed by atoms with Gasteiger partial charge in [0.2, 0.25) is 0 Å². The number of aromatic nitrogens is 3. The summed E-state index contributed by atoms with van der Waals surface area (Å²) in [6.45, 7) is 4.87. The molecule has 0 radical (unpaired) electrons. The number of carbonyl (C=O) groups is 2. The first-order valence-corrected chi connectivity index (χ1v) is 11.4. The van der Waals surface area contributed by atoms with E-state index in [1.807, 2.05) is 13.8 Å². The molecule has 0 saturated heterocycles. The highest BCUT2D eigenvalue weighted by molar-refractivity contribution is 6.30. The second-order valence-electron chi connectivity index (χ2n) is 8.91. The summed E-state index contributed by atoms with van der Waals surface area (Å²) < 4.78 is 19.4. The molecule has 36 heavy (non-hydrogen) atoms. The number of hydrogen-bond acceptors (Lipinski definition) is 8. The summed E-state index contributed by atoms with van der Waals surface area (Å²) in [5.74, 6) is -1.92. The van der Waals surface area contributed by atoms with Crippen molar-refractivity contribution in [1.29, 1.82) is 0 Å². The summed E-state index contributed by atoms with van der Waals surface area (Å²) in [4.78, 5) is 25.4. The van der Waals surface area contributed by atoms with Crippen LogP contribution < -0.4 is 5.43 Å². The number of esters is 1. The van der Waals surface area contributed by atoms with E-state index in [-0.39, 0.29) is 31.3 Å². The van der Waals surface area contributed by atoms with Gasteiger partial charge in [-0.05, 0) is 47.4 Å². The minimum Gasteiger partial charge on any atom is -0.463 e. The molecule has 192 valence electrons. The SMILES string of the molecule is CC(C)COC(=O)[C@](C)(O)CN(Cc1ccc(-c2cc(Cl)ccc2F)cc1)NC(=O)c1cn(O)nn1. The van der Waals surface area contributed by atoms with Gasteiger partial charge in [0, 0.05) is 17.1 Å². The van der Waals surface area contributed by atoms with E-state index < -0.39 is 23.3 Å². The molecule has 1 atom stereocenters. The van der Waals surface area contributed by atoms with E-state index in [0.717, 1.165) is 6.20 Å². The minimum atomic E-state index is -1.96. The van der Waals surface area contributed by atoms with Gasteiger partial charge in [0.15, 0.2) is 11.3 Å². The summed E-state index contributed by atoms with van der Waals surface area (Å²) in [7, 11) is 0. The standard InChI is InChI=1S/C24H27ClFN5O5/c1-15(2)13-36-23(33)24(3,34)14-30(28-22(32)21-12-31(35)29-27-21)11-16-4-6-17(7-5-16)19-10-18(25)8-9-20(19)26/h4-10,12,15,34-35H,11,13-14H2,1-3H3,(H,28,32)/t24-/m1/s1. The third kappa shape index (κ3) is 7.23. The minimum absolute atomic E-state index is 0.0604. The van der Waals surface area contributed by atoms with Crippen LogP contribution in [0.4, 0.5) is 4.39 Å². The van der Waals surface area contributed by atoms with Gasteiger partial charge in [-0.3, -0.25) is 10.2 Å². The first kappa shape index (κ1) is 27.1. The Labute approximate surface area is 212 Å². The van der Waals surface area contributed by atoms with Gasteiger partial charge in [0.05, 0.1) is 19.3 Å². The van der Waals surface area contributed by atoms with Crippen LogP contribution in [0.5, 0.6) is 0 Å². The molecule has 0 saturated carbocycles. The van der Waals surface area contributed by atoms with Crippen LogP contribution in [0.25, 0.3) is 11.1 Å². The summed E-state index contributed by atoms with van der Waals surface area (Å²) in [5, 5.41) is 28.6. The average Bonchev–Trinajstić information content (AvgIpc) is 3.25. The van der Waals surface area contributed by atoms with Crippen LogP contribution in [0.1, 0.15) is 36.8 Å². The molecular weight excluding hydrogens is 493 g/mol. The van der Waals surface area contributed by atoms with Gasteiger partial charge < -0.3 is 15.1 Å². The molecule has 3 aromatic rings. The Bertz CT molecular complexity index is 1220. The number of nitrogens with zero attached hydrogens (tertiary/aromatic N) is 4. The quantitative estimate of drug-likeness (QED) is 0.212. The Morgan fingerprint density at radius 3 is 2.56 bits per heavy atom. The maximum absolute atomic E-state index is 14.2. The van der Waals surface area contributed by atoms with Crippen LogP contribution >= 0.6 is 11.6 Å². The molecule has 0 unspecified atom stereocenters. The summed E-state index contributed by atoms with van der Waals surface area (Å²) in [6.07, 6.45) is 0.997. The summed E-state index contributed by atoms with van der Waals surface area (Å²) in [5.41, 5.74) is 2.02. The molecule has 0 aliphatic carbocycles. The van der Waals surface area contributed by atoms with Crippen LogP contribution in [-0.2, 0) is 16.1 Å². The Hall–Kier alpha value is -3.54. The number of carbonyl (C=O) groups excluding carboxylic acids is 2. The predicted molar refractivity (Wildman–Crippen MR) is 128 cm³/mol. The fourth-order valence-corrected chi connectivity index (χ4v) is 3.43. The van der Waals surface area contributed by atoms with Gasteiger partial charge in [0.25, 0.3) is 5.91 Å². The molecule has 0 bridgehead atoms. The van der Waals surface area contributed by atoms with Gasteiger partial charge in [-0.25, -0.2) is 14.2 Å². The van der Waals surface area contributed by atoms with E-state index in [2.05, 4.69) is 15.7 Å². The van der Waals surface area contributed by atoms with Crippen molar-refractivity contribution in [2.75, 3.05) is 13.2 Å². The Morgan fingerprint density at radius 2 is 1.94 bits per heavy atom. The zero-order chi connectivity index (χ0) is 26.5. The molecule has 12 heteroatoms. The summed E-state index contributed by atoms with van der Waals surface area (Å²) in [6, 6.07) is 11.1. The zero-order valence-electron chi connectivity index (χ0n) is 20.0. The maximum Gasteiger partial charge on any atom is 0.339 e. The number of rotatable bonds is 10.